The smallest absolute Gasteiger partial charge is 0.324 e. The van der Waals surface area contributed by atoms with Gasteiger partial charge in [0.25, 0.3) is 0 Å². The molecule has 1 fully saturated rings. The molecule has 0 aliphatic heterocycles. The molecule has 2 unspecified atom stereocenters. The molecule has 106 valence electrons. The minimum atomic E-state index is -0.361. The molecule has 5 nitrogen and oxygen atoms in total. The van der Waals surface area contributed by atoms with Crippen LogP contribution in [0.2, 0.25) is 0 Å². The van der Waals surface area contributed by atoms with E-state index in [1.165, 1.54) is 6.42 Å². The van der Waals surface area contributed by atoms with Gasteiger partial charge in [0.15, 0.2) is 0 Å². The van der Waals surface area contributed by atoms with E-state index in [2.05, 4.69) is 12.2 Å². The maximum atomic E-state index is 10.6. The molecule has 1 aliphatic rings. The van der Waals surface area contributed by atoms with Crippen molar-refractivity contribution in [1.82, 2.24) is 5.32 Å². The van der Waals surface area contributed by atoms with Crippen molar-refractivity contribution in [2.45, 2.75) is 45.3 Å². The maximum Gasteiger partial charge on any atom is 0.324 e. The highest BCUT2D eigenvalue weighted by atomic mass is 32.1. The van der Waals surface area contributed by atoms with E-state index in [1.54, 1.807) is 6.07 Å². The lowest BCUT2D eigenvalue weighted by molar-refractivity contribution is -0.380. The van der Waals surface area contributed by atoms with Crippen molar-refractivity contribution in [3.63, 3.8) is 0 Å². The van der Waals surface area contributed by atoms with Crippen LogP contribution in [0.4, 0.5) is 5.00 Å². The highest BCUT2D eigenvalue weighted by Gasteiger charge is 2.34. The van der Waals surface area contributed by atoms with Gasteiger partial charge in [-0.2, -0.15) is 0 Å². The Kier molecular flexibility index (Phi) is 4.54. The first-order valence-electron chi connectivity index (χ1n) is 6.62. The highest BCUT2D eigenvalue weighted by molar-refractivity contribution is 7.13. The third-order valence-electron chi connectivity index (χ3n) is 3.96. The first-order valence-corrected chi connectivity index (χ1v) is 7.50. The van der Waals surface area contributed by atoms with Gasteiger partial charge < -0.3 is 10.4 Å². The average Bonchev–Trinajstić information content (AvgIpc) is 2.82. The van der Waals surface area contributed by atoms with Crippen LogP contribution in [0.5, 0.6) is 0 Å². The Morgan fingerprint density at radius 2 is 2.42 bits per heavy atom. The Bertz CT molecular complexity index is 449. The van der Waals surface area contributed by atoms with Crippen LogP contribution in [0.1, 0.15) is 38.2 Å². The van der Waals surface area contributed by atoms with Crippen LogP contribution in [-0.4, -0.2) is 22.7 Å². The number of rotatable bonds is 5. The number of nitrogens with one attached hydrogen (secondary N) is 1. The summed E-state index contributed by atoms with van der Waals surface area (Å²) in [6.45, 7) is 3.48. The zero-order valence-electron chi connectivity index (χ0n) is 11.1. The Hall–Kier alpha value is -0.980. The molecule has 2 N–H and O–H groups in total. The highest BCUT2D eigenvalue weighted by Crippen LogP contribution is 2.35. The lowest BCUT2D eigenvalue weighted by Crippen LogP contribution is -2.43. The second-order valence-electron chi connectivity index (χ2n) is 5.57. The van der Waals surface area contributed by atoms with Crippen molar-refractivity contribution in [1.29, 1.82) is 0 Å². The van der Waals surface area contributed by atoms with E-state index in [0.29, 0.717) is 6.54 Å². The van der Waals surface area contributed by atoms with Gasteiger partial charge in [0, 0.05) is 30.0 Å². The molecular weight excluding hydrogens is 264 g/mol. The first kappa shape index (κ1) is 14.4. The molecule has 0 aromatic carbocycles. The van der Waals surface area contributed by atoms with Gasteiger partial charge in [0.2, 0.25) is 0 Å². The summed E-state index contributed by atoms with van der Waals surface area (Å²) in [5.74, 6) is 0. The minimum Gasteiger partial charge on any atom is -0.393 e. The van der Waals surface area contributed by atoms with E-state index in [-0.39, 0.29) is 21.4 Å². The summed E-state index contributed by atoms with van der Waals surface area (Å²) >= 11 is 1.15. The number of aliphatic hydroxyl groups excluding tert-OH is 1. The molecule has 0 radical (unpaired) electrons. The number of nitro groups is 1. The van der Waals surface area contributed by atoms with Gasteiger partial charge in [-0.15, -0.1) is 0 Å². The largest absolute Gasteiger partial charge is 0.393 e. The first-order chi connectivity index (χ1) is 9.01. The molecule has 0 bridgehead atoms. The molecule has 0 amide bonds. The molecule has 1 aromatic rings. The molecule has 2 rings (SSSR count). The molecule has 1 saturated carbocycles. The molecule has 0 saturated heterocycles. The zero-order chi connectivity index (χ0) is 13.9. The van der Waals surface area contributed by atoms with Gasteiger partial charge in [-0.1, -0.05) is 31.1 Å². The van der Waals surface area contributed by atoms with Gasteiger partial charge in [0.1, 0.15) is 0 Å². The van der Waals surface area contributed by atoms with Gasteiger partial charge in [-0.3, -0.25) is 10.1 Å². The van der Waals surface area contributed by atoms with Crippen LogP contribution < -0.4 is 5.32 Å². The van der Waals surface area contributed by atoms with Crippen LogP contribution in [0, 0.1) is 15.5 Å². The topological polar surface area (TPSA) is 75.4 Å². The summed E-state index contributed by atoms with van der Waals surface area (Å²) < 4.78 is 0. The molecule has 19 heavy (non-hydrogen) atoms. The molecule has 6 heteroatoms. The molecular formula is C13H20N2O3S. The number of aliphatic hydroxyl groups is 1. The third kappa shape index (κ3) is 3.52. The zero-order valence-corrected chi connectivity index (χ0v) is 11.9. The van der Waals surface area contributed by atoms with Crippen molar-refractivity contribution in [3.8, 4) is 0 Å². The third-order valence-corrected chi connectivity index (χ3v) is 4.89. The van der Waals surface area contributed by atoms with E-state index in [1.807, 2.05) is 5.38 Å². The van der Waals surface area contributed by atoms with Gasteiger partial charge >= 0.3 is 5.00 Å². The standard InChI is InChI=1S/C13H20N2O3S/c1-13(5-3-2-4-11(13)16)9-14-7-10-6-12(15(17)18)19-8-10/h6,8,11,14,16H,2-5,7,9H2,1H3. The number of nitrogens with zero attached hydrogens (tertiary/aromatic N) is 1. The fourth-order valence-corrected chi connectivity index (χ4v) is 3.36. The van der Waals surface area contributed by atoms with Crippen LogP contribution in [0.3, 0.4) is 0 Å². The normalized spacial score (nSPS) is 27.4. The van der Waals surface area contributed by atoms with E-state index in [9.17, 15) is 15.2 Å². The lowest BCUT2D eigenvalue weighted by Gasteiger charge is -2.38. The summed E-state index contributed by atoms with van der Waals surface area (Å²) in [5.41, 5.74) is 0.866. The van der Waals surface area contributed by atoms with E-state index < -0.39 is 0 Å². The molecule has 1 aliphatic carbocycles. The predicted molar refractivity (Wildman–Crippen MR) is 75.3 cm³/mol. The summed E-state index contributed by atoms with van der Waals surface area (Å²) in [7, 11) is 0. The fraction of sp³-hybridized carbons (Fsp3) is 0.692. The van der Waals surface area contributed by atoms with E-state index >= 15 is 0 Å². The van der Waals surface area contributed by atoms with Crippen LogP contribution >= 0.6 is 11.3 Å². The molecule has 1 aromatic heterocycles. The van der Waals surface area contributed by atoms with Crippen molar-refractivity contribution in [2.75, 3.05) is 6.54 Å². The predicted octanol–water partition coefficient (Wildman–Crippen LogP) is 2.69. The second kappa shape index (κ2) is 5.98. The van der Waals surface area contributed by atoms with Crippen LogP contribution in [-0.2, 0) is 6.54 Å². The quantitative estimate of drug-likeness (QED) is 0.644. The average molecular weight is 284 g/mol. The monoisotopic (exact) mass is 284 g/mol. The van der Waals surface area contributed by atoms with Crippen molar-refractivity contribution in [3.05, 3.63) is 27.1 Å². The Labute approximate surface area is 116 Å². The molecule has 0 spiro atoms. The summed E-state index contributed by atoms with van der Waals surface area (Å²) in [5, 5.41) is 26.0. The Morgan fingerprint density at radius 3 is 3.05 bits per heavy atom. The van der Waals surface area contributed by atoms with Crippen molar-refractivity contribution < 1.29 is 10.0 Å². The van der Waals surface area contributed by atoms with Gasteiger partial charge in [-0.25, -0.2) is 0 Å². The van der Waals surface area contributed by atoms with Crippen molar-refractivity contribution in [2.24, 2.45) is 5.41 Å². The van der Waals surface area contributed by atoms with Gasteiger partial charge in [0.05, 0.1) is 11.0 Å². The van der Waals surface area contributed by atoms with Crippen molar-refractivity contribution >= 4 is 16.3 Å². The SMILES string of the molecule is CC1(CNCc2csc([N+](=O)[O-])c2)CCCCC1O. The summed E-state index contributed by atoms with van der Waals surface area (Å²) in [6, 6.07) is 1.61. The minimum absolute atomic E-state index is 0.0692. The maximum absolute atomic E-state index is 10.6. The Balaban J connectivity index is 1.83. The van der Waals surface area contributed by atoms with Gasteiger partial charge in [-0.05, 0) is 18.4 Å². The van der Waals surface area contributed by atoms with E-state index in [4.69, 9.17) is 0 Å². The van der Waals surface area contributed by atoms with Crippen LogP contribution in [0.25, 0.3) is 0 Å². The molecule has 2 atom stereocenters. The number of hydrogen-bond donors (Lipinski definition) is 2. The summed E-state index contributed by atoms with van der Waals surface area (Å²) in [4.78, 5) is 10.2. The fourth-order valence-electron chi connectivity index (χ4n) is 2.63. The number of thiophene rings is 1. The lowest BCUT2D eigenvalue weighted by atomic mass is 9.73. The second-order valence-corrected chi connectivity index (χ2v) is 6.46. The number of hydrogen-bond acceptors (Lipinski definition) is 5. The summed E-state index contributed by atoms with van der Waals surface area (Å²) in [6.07, 6.45) is 3.94. The molecule has 1 heterocycles. The van der Waals surface area contributed by atoms with E-state index in [0.717, 1.165) is 42.7 Å². The Morgan fingerprint density at radius 1 is 1.63 bits per heavy atom. The van der Waals surface area contributed by atoms with Crippen LogP contribution in [0.15, 0.2) is 11.4 Å².